The standard InChI is InChI=1S/C22H19N3O4/c1-2-29-16-9-7-15(8-10-16)19-11-12-20(26)25(23-19)14-13-24-21(27)17-5-3-4-6-18(17)22(24)28/h3-12H,2,13-14H2,1H3. The highest BCUT2D eigenvalue weighted by atomic mass is 16.5. The van der Waals surface area contributed by atoms with E-state index in [-0.39, 0.29) is 30.5 Å². The lowest BCUT2D eigenvalue weighted by molar-refractivity contribution is 0.0647. The molecular weight excluding hydrogens is 370 g/mol. The Balaban J connectivity index is 1.53. The first kappa shape index (κ1) is 18.6. The van der Waals surface area contributed by atoms with Gasteiger partial charge < -0.3 is 4.74 Å². The van der Waals surface area contributed by atoms with Gasteiger partial charge in [-0.25, -0.2) is 4.68 Å². The summed E-state index contributed by atoms with van der Waals surface area (Å²) in [5, 5.41) is 4.39. The van der Waals surface area contributed by atoms with Crippen molar-refractivity contribution in [1.82, 2.24) is 14.7 Å². The van der Waals surface area contributed by atoms with Crippen LogP contribution in [0, 0.1) is 0 Å². The van der Waals surface area contributed by atoms with Crippen LogP contribution in [0.25, 0.3) is 11.3 Å². The van der Waals surface area contributed by atoms with Gasteiger partial charge in [-0.2, -0.15) is 5.10 Å². The molecule has 3 aromatic rings. The minimum Gasteiger partial charge on any atom is -0.494 e. The summed E-state index contributed by atoms with van der Waals surface area (Å²) in [5.41, 5.74) is 1.94. The predicted molar refractivity (Wildman–Crippen MR) is 107 cm³/mol. The number of rotatable bonds is 6. The third-order valence-corrected chi connectivity index (χ3v) is 4.74. The molecule has 0 atom stereocenters. The molecule has 2 aromatic carbocycles. The van der Waals surface area contributed by atoms with E-state index in [0.717, 1.165) is 16.2 Å². The molecule has 2 amide bonds. The number of ether oxygens (including phenoxy) is 1. The van der Waals surface area contributed by atoms with Crippen LogP contribution in [0.1, 0.15) is 27.6 Å². The molecule has 1 aromatic heterocycles. The zero-order valence-electron chi connectivity index (χ0n) is 15.9. The average molecular weight is 389 g/mol. The maximum Gasteiger partial charge on any atom is 0.266 e. The van der Waals surface area contributed by atoms with Crippen molar-refractivity contribution in [3.63, 3.8) is 0 Å². The molecule has 4 rings (SSSR count). The van der Waals surface area contributed by atoms with Crippen LogP contribution in [0.4, 0.5) is 0 Å². The molecule has 0 N–H and O–H groups in total. The van der Waals surface area contributed by atoms with Crippen molar-refractivity contribution in [2.24, 2.45) is 0 Å². The fourth-order valence-electron chi connectivity index (χ4n) is 3.29. The van der Waals surface area contributed by atoms with Crippen LogP contribution < -0.4 is 10.3 Å². The number of hydrogen-bond donors (Lipinski definition) is 0. The van der Waals surface area contributed by atoms with Gasteiger partial charge in [-0.05, 0) is 49.4 Å². The van der Waals surface area contributed by atoms with E-state index in [2.05, 4.69) is 5.10 Å². The summed E-state index contributed by atoms with van der Waals surface area (Å²) >= 11 is 0. The lowest BCUT2D eigenvalue weighted by Gasteiger charge is -2.14. The Kier molecular flexibility index (Phi) is 4.95. The molecule has 0 saturated carbocycles. The minimum atomic E-state index is -0.346. The van der Waals surface area contributed by atoms with E-state index >= 15 is 0 Å². The highest BCUT2D eigenvalue weighted by Gasteiger charge is 2.34. The Bertz CT molecular complexity index is 1100. The second-order valence-corrected chi connectivity index (χ2v) is 6.54. The van der Waals surface area contributed by atoms with Gasteiger partial charge in [-0.3, -0.25) is 19.3 Å². The van der Waals surface area contributed by atoms with E-state index in [1.54, 1.807) is 30.3 Å². The number of benzene rings is 2. The Morgan fingerprint density at radius 2 is 1.48 bits per heavy atom. The number of amides is 2. The first-order chi connectivity index (χ1) is 14.1. The fourth-order valence-corrected chi connectivity index (χ4v) is 3.29. The van der Waals surface area contributed by atoms with Gasteiger partial charge in [0.05, 0.1) is 30.0 Å². The summed E-state index contributed by atoms with van der Waals surface area (Å²) in [5.74, 6) is 0.0674. The summed E-state index contributed by atoms with van der Waals surface area (Å²) in [6, 6.07) is 17.2. The highest BCUT2D eigenvalue weighted by molar-refractivity contribution is 6.21. The molecule has 0 saturated heterocycles. The van der Waals surface area contributed by atoms with Crippen LogP contribution >= 0.6 is 0 Å². The second kappa shape index (κ2) is 7.71. The van der Waals surface area contributed by atoms with Crippen molar-refractivity contribution in [3.8, 4) is 17.0 Å². The van der Waals surface area contributed by atoms with Gasteiger partial charge in [-0.1, -0.05) is 12.1 Å². The van der Waals surface area contributed by atoms with E-state index in [4.69, 9.17) is 4.74 Å². The monoisotopic (exact) mass is 389 g/mol. The fraction of sp³-hybridized carbons (Fsp3) is 0.182. The second-order valence-electron chi connectivity index (χ2n) is 6.54. The molecular formula is C22H19N3O4. The van der Waals surface area contributed by atoms with Crippen molar-refractivity contribution < 1.29 is 14.3 Å². The van der Waals surface area contributed by atoms with Crippen molar-refractivity contribution in [3.05, 3.63) is 82.1 Å². The van der Waals surface area contributed by atoms with Gasteiger partial charge in [0, 0.05) is 18.2 Å². The summed E-state index contributed by atoms with van der Waals surface area (Å²) in [6.07, 6.45) is 0. The Morgan fingerprint density at radius 3 is 2.10 bits per heavy atom. The number of imide groups is 1. The molecule has 0 bridgehead atoms. The van der Waals surface area contributed by atoms with E-state index in [0.29, 0.717) is 23.4 Å². The topological polar surface area (TPSA) is 81.5 Å². The predicted octanol–water partition coefficient (Wildman–Crippen LogP) is 2.61. The van der Waals surface area contributed by atoms with Gasteiger partial charge in [0.1, 0.15) is 5.75 Å². The molecule has 0 aliphatic carbocycles. The zero-order valence-corrected chi connectivity index (χ0v) is 15.9. The van der Waals surface area contributed by atoms with Crippen molar-refractivity contribution in [2.45, 2.75) is 13.5 Å². The van der Waals surface area contributed by atoms with Crippen LogP contribution in [-0.4, -0.2) is 39.6 Å². The number of carbonyl (C=O) groups is 2. The molecule has 0 radical (unpaired) electrons. The van der Waals surface area contributed by atoms with Gasteiger partial charge in [0.2, 0.25) is 0 Å². The zero-order chi connectivity index (χ0) is 20.4. The number of aromatic nitrogens is 2. The molecule has 1 aliphatic rings. The summed E-state index contributed by atoms with van der Waals surface area (Å²) in [4.78, 5) is 38.3. The maximum absolute atomic E-state index is 12.5. The molecule has 7 nitrogen and oxygen atoms in total. The normalized spacial score (nSPS) is 12.9. The summed E-state index contributed by atoms with van der Waals surface area (Å²) in [7, 11) is 0. The lowest BCUT2D eigenvalue weighted by atomic mass is 10.1. The smallest absolute Gasteiger partial charge is 0.266 e. The molecule has 0 fully saturated rings. The van der Waals surface area contributed by atoms with E-state index < -0.39 is 0 Å². The quantitative estimate of drug-likeness (QED) is 0.606. The van der Waals surface area contributed by atoms with Crippen LogP contribution in [-0.2, 0) is 6.54 Å². The molecule has 146 valence electrons. The average Bonchev–Trinajstić information content (AvgIpc) is 2.99. The van der Waals surface area contributed by atoms with Crippen LogP contribution in [0.5, 0.6) is 5.75 Å². The highest BCUT2D eigenvalue weighted by Crippen LogP contribution is 2.22. The summed E-state index contributed by atoms with van der Waals surface area (Å²) < 4.78 is 6.71. The van der Waals surface area contributed by atoms with Gasteiger partial charge in [-0.15, -0.1) is 0 Å². The molecule has 7 heteroatoms. The van der Waals surface area contributed by atoms with Gasteiger partial charge >= 0.3 is 0 Å². The first-order valence-corrected chi connectivity index (χ1v) is 9.35. The third kappa shape index (κ3) is 3.54. The van der Waals surface area contributed by atoms with Gasteiger partial charge in [0.25, 0.3) is 17.4 Å². The third-order valence-electron chi connectivity index (χ3n) is 4.74. The van der Waals surface area contributed by atoms with Crippen LogP contribution in [0.2, 0.25) is 0 Å². The molecule has 2 heterocycles. The largest absolute Gasteiger partial charge is 0.494 e. The SMILES string of the molecule is CCOc1ccc(-c2ccc(=O)n(CCN3C(=O)c4ccccc4C3=O)n2)cc1. The maximum atomic E-state index is 12.5. The van der Waals surface area contributed by atoms with E-state index in [9.17, 15) is 14.4 Å². The first-order valence-electron chi connectivity index (χ1n) is 9.35. The Morgan fingerprint density at radius 1 is 0.828 bits per heavy atom. The molecule has 0 unspecified atom stereocenters. The minimum absolute atomic E-state index is 0.0754. The van der Waals surface area contributed by atoms with Crippen molar-refractivity contribution in [2.75, 3.05) is 13.2 Å². The molecule has 0 spiro atoms. The summed E-state index contributed by atoms with van der Waals surface area (Å²) in [6.45, 7) is 2.70. The van der Waals surface area contributed by atoms with Crippen molar-refractivity contribution in [1.29, 1.82) is 0 Å². The molecule has 29 heavy (non-hydrogen) atoms. The van der Waals surface area contributed by atoms with Gasteiger partial charge in [0.15, 0.2) is 0 Å². The van der Waals surface area contributed by atoms with Crippen LogP contribution in [0.15, 0.2) is 65.5 Å². The van der Waals surface area contributed by atoms with Crippen molar-refractivity contribution >= 4 is 11.8 Å². The molecule has 1 aliphatic heterocycles. The Hall–Kier alpha value is -3.74. The van der Waals surface area contributed by atoms with E-state index in [1.807, 2.05) is 31.2 Å². The van der Waals surface area contributed by atoms with Crippen LogP contribution in [0.3, 0.4) is 0 Å². The Labute approximate surface area is 167 Å². The van der Waals surface area contributed by atoms with E-state index in [1.165, 1.54) is 10.7 Å². The lowest BCUT2D eigenvalue weighted by Crippen LogP contribution is -2.35. The number of hydrogen-bond acceptors (Lipinski definition) is 5. The number of carbonyl (C=O) groups excluding carboxylic acids is 2. The number of fused-ring (bicyclic) bond motifs is 1. The number of nitrogens with zero attached hydrogens (tertiary/aromatic N) is 3.